The Morgan fingerprint density at radius 2 is 1.95 bits per heavy atom. The molecule has 0 aliphatic rings. The molecule has 0 aliphatic carbocycles. The molecular formula is C17H15ClFNO. The van der Waals surface area contributed by atoms with Gasteiger partial charge in [-0.1, -0.05) is 42.8 Å². The molecule has 0 aliphatic heterocycles. The van der Waals surface area contributed by atoms with Crippen LogP contribution in [0.1, 0.15) is 18.2 Å². The van der Waals surface area contributed by atoms with Gasteiger partial charge in [0.1, 0.15) is 17.2 Å². The van der Waals surface area contributed by atoms with Gasteiger partial charge in [-0.05, 0) is 18.2 Å². The predicted octanol–water partition coefficient (Wildman–Crippen LogP) is 5.40. The molecule has 0 unspecified atom stereocenters. The minimum atomic E-state index is -0.353. The van der Waals surface area contributed by atoms with E-state index in [2.05, 4.69) is 5.32 Å². The molecule has 0 saturated carbocycles. The fraction of sp³-hybridized carbons (Fsp3) is 0.176. The van der Waals surface area contributed by atoms with E-state index < -0.39 is 0 Å². The van der Waals surface area contributed by atoms with Gasteiger partial charge in [0, 0.05) is 23.9 Å². The minimum Gasteiger partial charge on any atom is -0.461 e. The van der Waals surface area contributed by atoms with Crippen LogP contribution >= 0.6 is 11.6 Å². The SMILES string of the molecule is CCc1oc2ccccc2c1CNc1c(F)cccc1Cl. The molecule has 0 amide bonds. The summed E-state index contributed by atoms with van der Waals surface area (Å²) in [5.74, 6) is 0.560. The highest BCUT2D eigenvalue weighted by molar-refractivity contribution is 6.33. The Morgan fingerprint density at radius 3 is 2.71 bits per heavy atom. The molecule has 1 heterocycles. The fourth-order valence-electron chi connectivity index (χ4n) is 2.47. The number of halogens is 2. The average molecular weight is 304 g/mol. The molecule has 0 fully saturated rings. The van der Waals surface area contributed by atoms with Gasteiger partial charge in [-0.25, -0.2) is 4.39 Å². The van der Waals surface area contributed by atoms with Gasteiger partial charge >= 0.3 is 0 Å². The van der Waals surface area contributed by atoms with Crippen molar-refractivity contribution in [3.63, 3.8) is 0 Å². The van der Waals surface area contributed by atoms with Crippen LogP contribution in [0.2, 0.25) is 5.02 Å². The summed E-state index contributed by atoms with van der Waals surface area (Å²) >= 11 is 6.04. The highest BCUT2D eigenvalue weighted by Gasteiger charge is 2.13. The lowest BCUT2D eigenvalue weighted by Gasteiger charge is -2.09. The summed E-state index contributed by atoms with van der Waals surface area (Å²) in [6, 6.07) is 12.5. The first-order valence-corrected chi connectivity index (χ1v) is 7.25. The highest BCUT2D eigenvalue weighted by atomic mass is 35.5. The van der Waals surface area contributed by atoms with E-state index in [0.717, 1.165) is 28.7 Å². The zero-order valence-corrected chi connectivity index (χ0v) is 12.4. The van der Waals surface area contributed by atoms with E-state index >= 15 is 0 Å². The number of nitrogens with one attached hydrogen (secondary N) is 1. The second kappa shape index (κ2) is 5.78. The van der Waals surface area contributed by atoms with E-state index in [-0.39, 0.29) is 5.82 Å². The highest BCUT2D eigenvalue weighted by Crippen LogP contribution is 2.29. The number of anilines is 1. The van der Waals surface area contributed by atoms with Gasteiger partial charge in [-0.2, -0.15) is 0 Å². The molecule has 21 heavy (non-hydrogen) atoms. The lowest BCUT2D eigenvalue weighted by molar-refractivity contribution is 0.551. The first-order chi connectivity index (χ1) is 10.2. The van der Waals surface area contributed by atoms with Crippen molar-refractivity contribution in [2.75, 3.05) is 5.32 Å². The van der Waals surface area contributed by atoms with Crippen LogP contribution in [0, 0.1) is 5.82 Å². The second-order valence-electron chi connectivity index (χ2n) is 4.80. The van der Waals surface area contributed by atoms with Crippen LogP contribution in [0.25, 0.3) is 11.0 Å². The van der Waals surface area contributed by atoms with Gasteiger partial charge in [-0.15, -0.1) is 0 Å². The van der Waals surface area contributed by atoms with Crippen LogP contribution in [0.4, 0.5) is 10.1 Å². The Bertz CT molecular complexity index is 761. The topological polar surface area (TPSA) is 25.2 Å². The summed E-state index contributed by atoms with van der Waals surface area (Å²) in [5.41, 5.74) is 2.23. The zero-order valence-electron chi connectivity index (χ0n) is 11.6. The average Bonchev–Trinajstić information content (AvgIpc) is 2.85. The van der Waals surface area contributed by atoms with E-state index in [9.17, 15) is 4.39 Å². The summed E-state index contributed by atoms with van der Waals surface area (Å²) < 4.78 is 19.6. The Balaban J connectivity index is 1.95. The first kappa shape index (κ1) is 14.0. The number of hydrogen-bond donors (Lipinski definition) is 1. The predicted molar refractivity (Wildman–Crippen MR) is 84.3 cm³/mol. The summed E-state index contributed by atoms with van der Waals surface area (Å²) in [6.07, 6.45) is 0.788. The number of aryl methyl sites for hydroxylation is 1. The maximum Gasteiger partial charge on any atom is 0.147 e. The van der Waals surface area contributed by atoms with E-state index in [1.807, 2.05) is 31.2 Å². The normalized spacial score (nSPS) is 11.0. The van der Waals surface area contributed by atoms with Crippen molar-refractivity contribution in [2.24, 2.45) is 0 Å². The largest absolute Gasteiger partial charge is 0.461 e. The summed E-state index contributed by atoms with van der Waals surface area (Å²) in [7, 11) is 0. The molecule has 2 nitrogen and oxygen atoms in total. The van der Waals surface area contributed by atoms with Crippen LogP contribution < -0.4 is 5.32 Å². The monoisotopic (exact) mass is 303 g/mol. The van der Waals surface area contributed by atoms with Gasteiger partial charge < -0.3 is 9.73 Å². The standard InChI is InChI=1S/C17H15ClFNO/c1-2-15-12(11-6-3-4-9-16(11)21-15)10-20-17-13(18)7-5-8-14(17)19/h3-9,20H,2,10H2,1H3. The van der Waals surface area contributed by atoms with Gasteiger partial charge in [0.15, 0.2) is 0 Å². The molecule has 2 aromatic carbocycles. The molecule has 1 N–H and O–H groups in total. The van der Waals surface area contributed by atoms with Crippen LogP contribution in [0.15, 0.2) is 46.9 Å². The number of benzene rings is 2. The molecule has 0 spiro atoms. The van der Waals surface area contributed by atoms with Gasteiger partial charge in [0.2, 0.25) is 0 Å². The lowest BCUT2D eigenvalue weighted by Crippen LogP contribution is -2.03. The Morgan fingerprint density at radius 1 is 1.14 bits per heavy atom. The van der Waals surface area contributed by atoms with E-state index in [4.69, 9.17) is 16.0 Å². The maximum absolute atomic E-state index is 13.8. The van der Waals surface area contributed by atoms with Crippen molar-refractivity contribution in [1.29, 1.82) is 0 Å². The maximum atomic E-state index is 13.8. The molecular weight excluding hydrogens is 289 g/mol. The van der Waals surface area contributed by atoms with Gasteiger partial charge in [0.25, 0.3) is 0 Å². The van der Waals surface area contributed by atoms with Gasteiger partial charge in [-0.3, -0.25) is 0 Å². The van der Waals surface area contributed by atoms with Crippen molar-refractivity contribution in [3.8, 4) is 0 Å². The number of furan rings is 1. The van der Waals surface area contributed by atoms with Crippen molar-refractivity contribution in [2.45, 2.75) is 19.9 Å². The summed E-state index contributed by atoms with van der Waals surface area (Å²) in [5, 5.41) is 4.51. The zero-order chi connectivity index (χ0) is 14.8. The third-order valence-electron chi connectivity index (χ3n) is 3.51. The van der Waals surface area contributed by atoms with Crippen molar-refractivity contribution < 1.29 is 8.81 Å². The molecule has 0 radical (unpaired) electrons. The first-order valence-electron chi connectivity index (χ1n) is 6.88. The number of fused-ring (bicyclic) bond motifs is 1. The van der Waals surface area contributed by atoms with Gasteiger partial charge in [0.05, 0.1) is 10.7 Å². The van der Waals surface area contributed by atoms with E-state index in [1.54, 1.807) is 12.1 Å². The fourth-order valence-corrected chi connectivity index (χ4v) is 2.70. The Hall–Kier alpha value is -2.00. The molecule has 3 aromatic rings. The summed E-state index contributed by atoms with van der Waals surface area (Å²) in [4.78, 5) is 0. The van der Waals surface area contributed by atoms with Crippen LogP contribution in [-0.4, -0.2) is 0 Å². The Labute approximate surface area is 127 Å². The number of rotatable bonds is 4. The number of para-hydroxylation sites is 2. The molecule has 0 saturated heterocycles. The lowest BCUT2D eigenvalue weighted by atomic mass is 10.1. The van der Waals surface area contributed by atoms with Crippen molar-refractivity contribution in [1.82, 2.24) is 0 Å². The van der Waals surface area contributed by atoms with Crippen LogP contribution in [0.5, 0.6) is 0 Å². The van der Waals surface area contributed by atoms with Crippen LogP contribution in [0.3, 0.4) is 0 Å². The van der Waals surface area contributed by atoms with Crippen molar-refractivity contribution in [3.05, 3.63) is 64.6 Å². The molecule has 108 valence electrons. The van der Waals surface area contributed by atoms with Crippen LogP contribution in [-0.2, 0) is 13.0 Å². The molecule has 3 rings (SSSR count). The quantitative estimate of drug-likeness (QED) is 0.698. The van der Waals surface area contributed by atoms with Crippen molar-refractivity contribution >= 4 is 28.3 Å². The third kappa shape index (κ3) is 2.61. The number of hydrogen-bond acceptors (Lipinski definition) is 2. The third-order valence-corrected chi connectivity index (χ3v) is 3.82. The smallest absolute Gasteiger partial charge is 0.147 e. The van der Waals surface area contributed by atoms with E-state index in [1.165, 1.54) is 6.07 Å². The van der Waals surface area contributed by atoms with E-state index in [0.29, 0.717) is 17.3 Å². The molecule has 0 atom stereocenters. The second-order valence-corrected chi connectivity index (χ2v) is 5.21. The summed E-state index contributed by atoms with van der Waals surface area (Å²) in [6.45, 7) is 2.51. The molecule has 0 bridgehead atoms. The molecule has 1 aromatic heterocycles. The Kier molecular flexibility index (Phi) is 3.84. The molecule has 4 heteroatoms. The minimum absolute atomic E-state index is 0.325.